The zero-order valence-corrected chi connectivity index (χ0v) is 23.8. The third kappa shape index (κ3) is 8.43. The number of ether oxygens (including phenoxy) is 2. The summed E-state index contributed by atoms with van der Waals surface area (Å²) in [7, 11) is 1.23. The Labute approximate surface area is 235 Å². The number of hydrogen-bond acceptors (Lipinski definition) is 6. The lowest BCUT2D eigenvalue weighted by atomic mass is 9.98. The molecule has 1 aliphatic carbocycles. The predicted octanol–water partition coefficient (Wildman–Crippen LogP) is 4.03. The van der Waals surface area contributed by atoms with Crippen LogP contribution in [-0.2, 0) is 30.3 Å². The number of esters is 1. The monoisotopic (exact) mass is 549 g/mol. The van der Waals surface area contributed by atoms with Gasteiger partial charge in [0.2, 0.25) is 11.8 Å². The number of alkyl carbamates (subject to hydrolysis) is 1. The van der Waals surface area contributed by atoms with Crippen molar-refractivity contribution in [2.24, 2.45) is 5.92 Å². The van der Waals surface area contributed by atoms with E-state index in [1.165, 1.54) is 7.11 Å². The first-order valence-corrected chi connectivity index (χ1v) is 13.4. The van der Waals surface area contributed by atoms with Crippen LogP contribution in [0.15, 0.2) is 61.2 Å². The van der Waals surface area contributed by atoms with Crippen molar-refractivity contribution in [3.8, 4) is 0 Å². The van der Waals surface area contributed by atoms with Crippen LogP contribution >= 0.6 is 0 Å². The zero-order chi connectivity index (χ0) is 29.4. The number of amides is 3. The Morgan fingerprint density at radius 1 is 1.10 bits per heavy atom. The molecule has 9 nitrogen and oxygen atoms in total. The third-order valence-electron chi connectivity index (χ3n) is 6.57. The minimum Gasteiger partial charge on any atom is -0.468 e. The third-order valence-corrected chi connectivity index (χ3v) is 6.57. The van der Waals surface area contributed by atoms with Gasteiger partial charge in [-0.25, -0.2) is 4.79 Å². The Balaban J connectivity index is 2.04. The van der Waals surface area contributed by atoms with Crippen LogP contribution in [0.3, 0.4) is 0 Å². The molecule has 3 rings (SSSR count). The van der Waals surface area contributed by atoms with Crippen molar-refractivity contribution in [3.63, 3.8) is 0 Å². The average molecular weight is 550 g/mol. The van der Waals surface area contributed by atoms with E-state index in [0.29, 0.717) is 12.0 Å². The molecular weight excluding hydrogens is 510 g/mol. The maximum Gasteiger partial charge on any atom is 0.408 e. The maximum atomic E-state index is 14.4. The molecule has 0 radical (unpaired) electrons. The Hall–Kier alpha value is -4.14. The maximum absolute atomic E-state index is 14.4. The number of rotatable bonds is 11. The Bertz CT molecular complexity index is 1220. The first-order chi connectivity index (χ1) is 18.9. The second-order valence-electron chi connectivity index (χ2n) is 11.0. The summed E-state index contributed by atoms with van der Waals surface area (Å²) in [6.45, 7) is 10.7. The normalized spacial score (nSPS) is 17.5. The molecule has 1 aliphatic rings. The highest BCUT2D eigenvalue weighted by atomic mass is 16.6. The quantitative estimate of drug-likeness (QED) is 0.409. The van der Waals surface area contributed by atoms with Gasteiger partial charge in [0.25, 0.3) is 0 Å². The first kappa shape index (κ1) is 30.4. The summed E-state index contributed by atoms with van der Waals surface area (Å²) in [5.74, 6) is -1.43. The molecule has 4 unspecified atom stereocenters. The van der Waals surface area contributed by atoms with Crippen LogP contribution in [-0.4, -0.2) is 60.1 Å². The molecule has 0 aromatic heterocycles. The molecule has 1 fully saturated rings. The van der Waals surface area contributed by atoms with Crippen LogP contribution < -0.4 is 10.6 Å². The van der Waals surface area contributed by atoms with E-state index in [9.17, 15) is 19.2 Å². The molecule has 4 atom stereocenters. The predicted molar refractivity (Wildman–Crippen MR) is 152 cm³/mol. The van der Waals surface area contributed by atoms with Gasteiger partial charge in [-0.2, -0.15) is 0 Å². The van der Waals surface area contributed by atoms with Crippen molar-refractivity contribution < 1.29 is 28.7 Å². The molecule has 2 aromatic rings. The standard InChI is InChI=1S/C31H39N3O6/c1-7-21-14-11-15-23(17-21)27(28(36)32-19-26(35)39-6)34(25-16-20(25)2)29(37)24(18-22-12-9-8-10-13-22)33-30(38)40-31(3,4)5/h7-15,17,20,24-25,27H,1,16,18-19H2,2-6H3,(H,32,36)(H,33,38). The second-order valence-corrected chi connectivity index (χ2v) is 11.0. The van der Waals surface area contributed by atoms with E-state index < -0.39 is 41.6 Å². The van der Waals surface area contributed by atoms with Gasteiger partial charge in [0.15, 0.2) is 0 Å². The van der Waals surface area contributed by atoms with E-state index in [1.54, 1.807) is 49.9 Å². The lowest BCUT2D eigenvalue weighted by molar-refractivity contribution is -0.145. The Kier molecular flexibility index (Phi) is 10.1. The lowest BCUT2D eigenvalue weighted by Gasteiger charge is -2.35. The highest BCUT2D eigenvalue weighted by Crippen LogP contribution is 2.41. The average Bonchev–Trinajstić information content (AvgIpc) is 3.64. The van der Waals surface area contributed by atoms with Gasteiger partial charge in [0, 0.05) is 12.5 Å². The summed E-state index contributed by atoms with van der Waals surface area (Å²) in [4.78, 5) is 54.3. The van der Waals surface area contributed by atoms with Crippen LogP contribution in [0.1, 0.15) is 56.8 Å². The van der Waals surface area contributed by atoms with E-state index in [2.05, 4.69) is 21.9 Å². The number of nitrogens with zero attached hydrogens (tertiary/aromatic N) is 1. The number of nitrogens with one attached hydrogen (secondary N) is 2. The second kappa shape index (κ2) is 13.3. The minimum absolute atomic E-state index is 0.140. The SMILES string of the molecule is C=Cc1cccc(C(C(=O)NCC(=O)OC)N(C(=O)C(Cc2ccccc2)NC(=O)OC(C)(C)C)C2CC2C)c1. The molecule has 1 saturated carbocycles. The largest absolute Gasteiger partial charge is 0.468 e. The molecule has 0 aliphatic heterocycles. The fourth-order valence-corrected chi connectivity index (χ4v) is 4.47. The summed E-state index contributed by atoms with van der Waals surface area (Å²) < 4.78 is 10.2. The van der Waals surface area contributed by atoms with E-state index in [1.807, 2.05) is 43.3 Å². The summed E-state index contributed by atoms with van der Waals surface area (Å²) in [5.41, 5.74) is 1.40. The fraction of sp³-hybridized carbons (Fsp3) is 0.419. The van der Waals surface area contributed by atoms with E-state index in [-0.39, 0.29) is 24.9 Å². The van der Waals surface area contributed by atoms with Crippen molar-refractivity contribution in [1.29, 1.82) is 0 Å². The Morgan fingerprint density at radius 3 is 2.35 bits per heavy atom. The zero-order valence-electron chi connectivity index (χ0n) is 23.8. The molecule has 3 amide bonds. The van der Waals surface area contributed by atoms with E-state index >= 15 is 0 Å². The van der Waals surface area contributed by atoms with Crippen molar-refractivity contribution in [1.82, 2.24) is 15.5 Å². The van der Waals surface area contributed by atoms with Gasteiger partial charge in [0.1, 0.15) is 24.2 Å². The van der Waals surface area contributed by atoms with Gasteiger partial charge in [-0.15, -0.1) is 0 Å². The molecule has 9 heteroatoms. The summed E-state index contributed by atoms with van der Waals surface area (Å²) in [6.07, 6.45) is 1.81. The van der Waals surface area contributed by atoms with Crippen LogP contribution in [0.4, 0.5) is 4.79 Å². The number of methoxy groups -OCH3 is 1. The van der Waals surface area contributed by atoms with Crippen LogP contribution in [0, 0.1) is 5.92 Å². The van der Waals surface area contributed by atoms with Crippen molar-refractivity contribution >= 4 is 30.0 Å². The molecule has 0 spiro atoms. The van der Waals surface area contributed by atoms with Crippen LogP contribution in [0.25, 0.3) is 6.08 Å². The van der Waals surface area contributed by atoms with Crippen molar-refractivity contribution in [2.75, 3.05) is 13.7 Å². The van der Waals surface area contributed by atoms with Crippen molar-refractivity contribution in [2.45, 2.75) is 64.3 Å². The highest BCUT2D eigenvalue weighted by molar-refractivity contribution is 5.94. The number of carbonyl (C=O) groups is 4. The minimum atomic E-state index is -1.06. The van der Waals surface area contributed by atoms with E-state index in [4.69, 9.17) is 4.74 Å². The molecule has 0 saturated heterocycles. The van der Waals surface area contributed by atoms with Gasteiger partial charge < -0.3 is 25.0 Å². The van der Waals surface area contributed by atoms with Gasteiger partial charge in [-0.05, 0) is 55.9 Å². The lowest BCUT2D eigenvalue weighted by Crippen LogP contribution is -2.55. The summed E-state index contributed by atoms with van der Waals surface area (Å²) >= 11 is 0. The van der Waals surface area contributed by atoms with Gasteiger partial charge in [0.05, 0.1) is 7.11 Å². The molecule has 40 heavy (non-hydrogen) atoms. The van der Waals surface area contributed by atoms with Crippen LogP contribution in [0.2, 0.25) is 0 Å². The molecule has 0 bridgehead atoms. The topological polar surface area (TPSA) is 114 Å². The smallest absolute Gasteiger partial charge is 0.408 e. The molecule has 2 aromatic carbocycles. The molecule has 214 valence electrons. The summed E-state index contributed by atoms with van der Waals surface area (Å²) in [6, 6.07) is 14.2. The van der Waals surface area contributed by atoms with Gasteiger partial charge in [-0.1, -0.05) is 68.1 Å². The first-order valence-electron chi connectivity index (χ1n) is 13.4. The Morgan fingerprint density at radius 2 is 1.77 bits per heavy atom. The van der Waals surface area contributed by atoms with Crippen LogP contribution in [0.5, 0.6) is 0 Å². The molecule has 2 N–H and O–H groups in total. The molecule has 0 heterocycles. The highest BCUT2D eigenvalue weighted by Gasteiger charge is 2.48. The van der Waals surface area contributed by atoms with Gasteiger partial charge in [-0.3, -0.25) is 14.4 Å². The number of hydrogen-bond donors (Lipinski definition) is 2. The van der Waals surface area contributed by atoms with Crippen molar-refractivity contribution in [3.05, 3.63) is 77.9 Å². The summed E-state index contributed by atoms with van der Waals surface area (Å²) in [5, 5.41) is 5.37. The van der Waals surface area contributed by atoms with Gasteiger partial charge >= 0.3 is 12.1 Å². The molecular formula is C31H39N3O6. The fourth-order valence-electron chi connectivity index (χ4n) is 4.47. The number of carbonyl (C=O) groups excluding carboxylic acids is 4. The van der Waals surface area contributed by atoms with E-state index in [0.717, 1.165) is 11.1 Å². The number of benzene rings is 2.